The van der Waals surface area contributed by atoms with Crippen LogP contribution < -0.4 is 4.72 Å². The molecule has 0 unspecified atom stereocenters. The number of hydrogen-bond donors (Lipinski definition) is 1. The van der Waals surface area contributed by atoms with E-state index in [-0.39, 0.29) is 16.1 Å². The Kier molecular flexibility index (Phi) is 4.44. The maximum Gasteiger partial charge on any atom is 0.339 e. The van der Waals surface area contributed by atoms with Crippen molar-refractivity contribution in [1.82, 2.24) is 0 Å². The molecule has 0 aromatic heterocycles. The summed E-state index contributed by atoms with van der Waals surface area (Å²) in [5.74, 6) is -0.744. The van der Waals surface area contributed by atoms with Gasteiger partial charge < -0.3 is 4.74 Å². The average Bonchev–Trinajstić information content (AvgIpc) is 2.54. The highest BCUT2D eigenvalue weighted by molar-refractivity contribution is 7.92. The Morgan fingerprint density at radius 2 is 1.91 bits per heavy atom. The molecular formula is C15H12N2O4S. The van der Waals surface area contributed by atoms with Crippen molar-refractivity contribution in [3.8, 4) is 6.07 Å². The molecule has 2 aromatic carbocycles. The lowest BCUT2D eigenvalue weighted by atomic mass is 10.2. The van der Waals surface area contributed by atoms with Crippen LogP contribution in [0.15, 0.2) is 53.4 Å². The molecule has 22 heavy (non-hydrogen) atoms. The summed E-state index contributed by atoms with van der Waals surface area (Å²) in [4.78, 5) is 11.5. The highest BCUT2D eigenvalue weighted by Gasteiger charge is 2.22. The molecule has 0 aliphatic heterocycles. The zero-order valence-electron chi connectivity index (χ0n) is 11.6. The van der Waals surface area contributed by atoms with Crippen LogP contribution in [0.5, 0.6) is 0 Å². The molecule has 0 bridgehead atoms. The van der Waals surface area contributed by atoms with E-state index in [1.807, 2.05) is 6.07 Å². The lowest BCUT2D eigenvalue weighted by Crippen LogP contribution is -2.17. The molecule has 0 spiro atoms. The zero-order valence-corrected chi connectivity index (χ0v) is 12.4. The van der Waals surface area contributed by atoms with Gasteiger partial charge in [0.05, 0.1) is 30.0 Å². The summed E-state index contributed by atoms with van der Waals surface area (Å²) in [5.41, 5.74) is 0.495. The molecule has 0 saturated heterocycles. The largest absolute Gasteiger partial charge is 0.465 e. The number of ether oxygens (including phenoxy) is 1. The van der Waals surface area contributed by atoms with Crippen LogP contribution in [0.3, 0.4) is 0 Å². The van der Waals surface area contributed by atoms with Gasteiger partial charge >= 0.3 is 5.97 Å². The second-order valence-electron chi connectivity index (χ2n) is 4.29. The number of hydrogen-bond acceptors (Lipinski definition) is 5. The molecule has 1 N–H and O–H groups in total. The van der Waals surface area contributed by atoms with Gasteiger partial charge in [-0.25, -0.2) is 13.2 Å². The van der Waals surface area contributed by atoms with Crippen molar-refractivity contribution < 1.29 is 17.9 Å². The fourth-order valence-electron chi connectivity index (χ4n) is 1.84. The Bertz CT molecular complexity index is 854. The van der Waals surface area contributed by atoms with E-state index in [1.165, 1.54) is 37.4 Å². The van der Waals surface area contributed by atoms with Crippen LogP contribution in [-0.4, -0.2) is 21.5 Å². The van der Waals surface area contributed by atoms with E-state index in [1.54, 1.807) is 18.2 Å². The zero-order chi connectivity index (χ0) is 16.2. The molecule has 2 aromatic rings. The molecule has 112 valence electrons. The number of sulfonamides is 1. The summed E-state index contributed by atoms with van der Waals surface area (Å²) in [5, 5.41) is 8.84. The second kappa shape index (κ2) is 6.28. The standard InChI is InChI=1S/C15H12N2O4S/c1-21-15(18)13-7-2-3-8-14(13)22(19,20)17-12-6-4-5-11(9-12)10-16/h2-9,17H,1H3. The van der Waals surface area contributed by atoms with Crippen LogP contribution >= 0.6 is 0 Å². The number of benzene rings is 2. The minimum atomic E-state index is -3.98. The number of nitrogens with zero attached hydrogens (tertiary/aromatic N) is 1. The molecule has 0 fully saturated rings. The van der Waals surface area contributed by atoms with E-state index in [9.17, 15) is 13.2 Å². The number of anilines is 1. The summed E-state index contributed by atoms with van der Waals surface area (Å²) < 4.78 is 31.8. The molecule has 2 rings (SSSR count). The van der Waals surface area contributed by atoms with Gasteiger partial charge in [0.25, 0.3) is 10.0 Å². The first-order chi connectivity index (χ1) is 10.5. The molecule has 0 radical (unpaired) electrons. The van der Waals surface area contributed by atoms with E-state index in [0.717, 1.165) is 0 Å². The molecule has 0 saturated carbocycles. The maximum atomic E-state index is 12.4. The Morgan fingerprint density at radius 1 is 1.18 bits per heavy atom. The number of methoxy groups -OCH3 is 1. The number of rotatable bonds is 4. The van der Waals surface area contributed by atoms with Crippen LogP contribution in [0, 0.1) is 11.3 Å². The minimum Gasteiger partial charge on any atom is -0.465 e. The molecule has 0 atom stereocenters. The third kappa shape index (κ3) is 3.24. The smallest absolute Gasteiger partial charge is 0.339 e. The first-order valence-corrected chi connectivity index (χ1v) is 7.66. The van der Waals surface area contributed by atoms with Crippen LogP contribution in [0.25, 0.3) is 0 Å². The summed E-state index contributed by atoms with van der Waals surface area (Å²) in [7, 11) is -2.81. The van der Waals surface area contributed by atoms with Crippen molar-refractivity contribution in [2.24, 2.45) is 0 Å². The molecule has 7 heteroatoms. The van der Waals surface area contributed by atoms with Gasteiger partial charge in [0.15, 0.2) is 0 Å². The van der Waals surface area contributed by atoms with Crippen LogP contribution in [0.1, 0.15) is 15.9 Å². The molecule has 0 aliphatic carbocycles. The Balaban J connectivity index is 2.43. The van der Waals surface area contributed by atoms with Crippen molar-refractivity contribution in [3.63, 3.8) is 0 Å². The van der Waals surface area contributed by atoms with Gasteiger partial charge in [-0.05, 0) is 30.3 Å². The summed E-state index contributed by atoms with van der Waals surface area (Å²) in [6.45, 7) is 0. The van der Waals surface area contributed by atoms with Crippen LogP contribution in [-0.2, 0) is 14.8 Å². The van der Waals surface area contributed by atoms with Crippen molar-refractivity contribution in [2.75, 3.05) is 11.8 Å². The maximum absolute atomic E-state index is 12.4. The summed E-state index contributed by atoms with van der Waals surface area (Å²) >= 11 is 0. The normalized spacial score (nSPS) is 10.5. The number of carbonyl (C=O) groups is 1. The summed E-state index contributed by atoms with van der Waals surface area (Å²) in [6, 6.07) is 13.7. The predicted molar refractivity (Wildman–Crippen MR) is 79.7 cm³/mol. The lowest BCUT2D eigenvalue weighted by Gasteiger charge is -2.11. The summed E-state index contributed by atoms with van der Waals surface area (Å²) in [6.07, 6.45) is 0. The van der Waals surface area contributed by atoms with E-state index in [0.29, 0.717) is 5.56 Å². The molecule has 6 nitrogen and oxygen atoms in total. The van der Waals surface area contributed by atoms with Crippen molar-refractivity contribution >= 4 is 21.7 Å². The van der Waals surface area contributed by atoms with Gasteiger partial charge in [0.2, 0.25) is 0 Å². The van der Waals surface area contributed by atoms with Gasteiger partial charge in [0.1, 0.15) is 4.90 Å². The predicted octanol–water partition coefficient (Wildman–Crippen LogP) is 2.15. The minimum absolute atomic E-state index is 0.0612. The first kappa shape index (κ1) is 15.5. The number of nitrogens with one attached hydrogen (secondary N) is 1. The fraction of sp³-hybridized carbons (Fsp3) is 0.0667. The highest BCUT2D eigenvalue weighted by atomic mass is 32.2. The quantitative estimate of drug-likeness (QED) is 0.872. The van der Waals surface area contributed by atoms with Crippen LogP contribution in [0.4, 0.5) is 5.69 Å². The Hall–Kier alpha value is -2.85. The molecule has 0 amide bonds. The van der Waals surface area contributed by atoms with Crippen molar-refractivity contribution in [1.29, 1.82) is 5.26 Å². The average molecular weight is 316 g/mol. The SMILES string of the molecule is COC(=O)c1ccccc1S(=O)(=O)Nc1cccc(C#N)c1. The first-order valence-electron chi connectivity index (χ1n) is 6.18. The van der Waals surface area contributed by atoms with E-state index < -0.39 is 16.0 Å². The van der Waals surface area contributed by atoms with Gasteiger partial charge in [0, 0.05) is 0 Å². The van der Waals surface area contributed by atoms with E-state index in [2.05, 4.69) is 9.46 Å². The highest BCUT2D eigenvalue weighted by Crippen LogP contribution is 2.20. The third-order valence-corrected chi connectivity index (χ3v) is 4.27. The van der Waals surface area contributed by atoms with Gasteiger partial charge in [-0.3, -0.25) is 4.72 Å². The fourth-order valence-corrected chi connectivity index (χ4v) is 3.09. The van der Waals surface area contributed by atoms with Gasteiger partial charge in [-0.2, -0.15) is 5.26 Å². The van der Waals surface area contributed by atoms with Gasteiger partial charge in [-0.15, -0.1) is 0 Å². The number of esters is 1. The molecular weight excluding hydrogens is 304 g/mol. The second-order valence-corrected chi connectivity index (χ2v) is 5.94. The lowest BCUT2D eigenvalue weighted by molar-refractivity contribution is 0.0596. The number of carbonyl (C=O) groups excluding carboxylic acids is 1. The monoisotopic (exact) mass is 316 g/mol. The van der Waals surface area contributed by atoms with E-state index >= 15 is 0 Å². The van der Waals surface area contributed by atoms with Crippen LogP contribution in [0.2, 0.25) is 0 Å². The Labute approximate surface area is 128 Å². The molecule has 0 aliphatic rings. The van der Waals surface area contributed by atoms with Crippen molar-refractivity contribution in [2.45, 2.75) is 4.90 Å². The van der Waals surface area contributed by atoms with Crippen molar-refractivity contribution in [3.05, 3.63) is 59.7 Å². The van der Waals surface area contributed by atoms with Gasteiger partial charge in [-0.1, -0.05) is 18.2 Å². The topological polar surface area (TPSA) is 96.3 Å². The molecule has 0 heterocycles. The number of nitriles is 1. The Morgan fingerprint density at radius 3 is 2.59 bits per heavy atom. The van der Waals surface area contributed by atoms with E-state index in [4.69, 9.17) is 5.26 Å². The third-order valence-electron chi connectivity index (χ3n) is 2.83.